The van der Waals surface area contributed by atoms with Crippen molar-refractivity contribution in [2.45, 2.75) is 13.3 Å². The number of methoxy groups -OCH3 is 1. The average Bonchev–Trinajstić information content (AvgIpc) is 2.59. The Balaban J connectivity index is 2.96. The smallest absolute Gasteiger partial charge is 0.224 e. The van der Waals surface area contributed by atoms with Crippen LogP contribution >= 0.6 is 0 Å². The standard InChI is InChI=1S/C11H20N4O2/c1-7-9(11(17-4)15(3)14-7)5-8(6-12)10(16)13-2/h8H,5-6,12H2,1-4H3,(H,13,16). The summed E-state index contributed by atoms with van der Waals surface area (Å²) >= 11 is 0. The van der Waals surface area contributed by atoms with Crippen LogP contribution in [0.4, 0.5) is 0 Å². The maximum absolute atomic E-state index is 11.6. The van der Waals surface area contributed by atoms with E-state index in [9.17, 15) is 4.79 Å². The first-order valence-electron chi connectivity index (χ1n) is 5.53. The Kier molecular flexibility index (Phi) is 4.51. The van der Waals surface area contributed by atoms with E-state index in [0.29, 0.717) is 18.8 Å². The number of hydrogen-bond donors (Lipinski definition) is 2. The minimum Gasteiger partial charge on any atom is -0.481 e. The van der Waals surface area contributed by atoms with Gasteiger partial charge in [-0.2, -0.15) is 5.10 Å². The molecule has 0 aromatic carbocycles. The van der Waals surface area contributed by atoms with Crippen LogP contribution in [0, 0.1) is 12.8 Å². The molecule has 0 aliphatic rings. The molecular formula is C11H20N4O2. The second-order valence-electron chi connectivity index (χ2n) is 3.95. The van der Waals surface area contributed by atoms with Crippen LogP contribution in [0.3, 0.4) is 0 Å². The van der Waals surface area contributed by atoms with E-state index in [1.165, 1.54) is 0 Å². The lowest BCUT2D eigenvalue weighted by atomic mass is 9.99. The predicted octanol–water partition coefficient (Wildman–Crippen LogP) is -0.399. The number of ether oxygens (including phenoxy) is 1. The second-order valence-corrected chi connectivity index (χ2v) is 3.95. The molecule has 3 N–H and O–H groups in total. The van der Waals surface area contributed by atoms with Crippen molar-refractivity contribution in [2.24, 2.45) is 18.7 Å². The molecule has 1 unspecified atom stereocenters. The number of carbonyl (C=O) groups is 1. The summed E-state index contributed by atoms with van der Waals surface area (Å²) in [7, 11) is 5.02. The number of hydrogen-bond acceptors (Lipinski definition) is 4. The minimum atomic E-state index is -0.253. The van der Waals surface area contributed by atoms with Gasteiger partial charge in [-0.3, -0.25) is 4.79 Å². The summed E-state index contributed by atoms with van der Waals surface area (Å²) in [5, 5.41) is 6.89. The lowest BCUT2D eigenvalue weighted by molar-refractivity contribution is -0.124. The molecule has 0 aliphatic carbocycles. The molecule has 0 saturated carbocycles. The van der Waals surface area contributed by atoms with Crippen LogP contribution in [-0.4, -0.2) is 36.4 Å². The molecule has 6 heteroatoms. The van der Waals surface area contributed by atoms with Crippen LogP contribution in [0.15, 0.2) is 0 Å². The molecule has 0 spiro atoms. The number of nitrogens with zero attached hydrogens (tertiary/aromatic N) is 2. The highest BCUT2D eigenvalue weighted by atomic mass is 16.5. The van der Waals surface area contributed by atoms with Crippen LogP contribution in [0.1, 0.15) is 11.3 Å². The summed E-state index contributed by atoms with van der Waals surface area (Å²) in [4.78, 5) is 11.6. The number of aryl methyl sites for hydroxylation is 2. The lowest BCUT2D eigenvalue weighted by Gasteiger charge is -2.13. The summed E-state index contributed by atoms with van der Waals surface area (Å²) in [5.74, 6) is 0.374. The van der Waals surface area contributed by atoms with Crippen molar-refractivity contribution in [3.05, 3.63) is 11.3 Å². The van der Waals surface area contributed by atoms with E-state index in [2.05, 4.69) is 10.4 Å². The molecule has 1 atom stereocenters. The van der Waals surface area contributed by atoms with Gasteiger partial charge in [0.15, 0.2) is 0 Å². The fraction of sp³-hybridized carbons (Fsp3) is 0.636. The van der Waals surface area contributed by atoms with Crippen molar-refractivity contribution >= 4 is 5.91 Å². The van der Waals surface area contributed by atoms with Gasteiger partial charge in [0.05, 0.1) is 18.7 Å². The largest absolute Gasteiger partial charge is 0.481 e. The highest BCUT2D eigenvalue weighted by molar-refractivity contribution is 5.79. The summed E-state index contributed by atoms with van der Waals surface area (Å²) in [6.45, 7) is 2.20. The SMILES string of the molecule is CNC(=O)C(CN)Cc1c(C)nn(C)c1OC. The van der Waals surface area contributed by atoms with Crippen LogP contribution in [0.5, 0.6) is 5.88 Å². The normalized spacial score (nSPS) is 12.3. The van der Waals surface area contributed by atoms with E-state index >= 15 is 0 Å². The third-order valence-corrected chi connectivity index (χ3v) is 2.83. The molecule has 96 valence electrons. The average molecular weight is 240 g/mol. The predicted molar refractivity (Wildman–Crippen MR) is 64.8 cm³/mol. The Labute approximate surface area is 101 Å². The van der Waals surface area contributed by atoms with Gasteiger partial charge in [-0.05, 0) is 13.3 Å². The van der Waals surface area contributed by atoms with Gasteiger partial charge in [0.25, 0.3) is 0 Å². The number of rotatable bonds is 5. The first-order chi connectivity index (χ1) is 8.04. The Morgan fingerprint density at radius 2 is 2.29 bits per heavy atom. The Hall–Kier alpha value is -1.56. The fourth-order valence-corrected chi connectivity index (χ4v) is 1.90. The van der Waals surface area contributed by atoms with Gasteiger partial charge >= 0.3 is 0 Å². The van der Waals surface area contributed by atoms with Crippen molar-refractivity contribution in [2.75, 3.05) is 20.7 Å². The molecule has 0 aliphatic heterocycles. The van der Waals surface area contributed by atoms with Crippen molar-refractivity contribution in [1.82, 2.24) is 15.1 Å². The molecule has 0 bridgehead atoms. The molecule has 0 radical (unpaired) electrons. The molecule has 1 aromatic rings. The van der Waals surface area contributed by atoms with Crippen molar-refractivity contribution in [3.63, 3.8) is 0 Å². The quantitative estimate of drug-likeness (QED) is 0.733. The third kappa shape index (κ3) is 2.76. The van der Waals surface area contributed by atoms with Gasteiger partial charge in [-0.15, -0.1) is 0 Å². The maximum atomic E-state index is 11.6. The van der Waals surface area contributed by atoms with E-state index in [1.54, 1.807) is 18.8 Å². The van der Waals surface area contributed by atoms with Crippen LogP contribution in [0.25, 0.3) is 0 Å². The molecule has 0 saturated heterocycles. The minimum absolute atomic E-state index is 0.0576. The van der Waals surface area contributed by atoms with Crippen molar-refractivity contribution in [1.29, 1.82) is 0 Å². The van der Waals surface area contributed by atoms with E-state index < -0.39 is 0 Å². The molecule has 0 fully saturated rings. The van der Waals surface area contributed by atoms with Crippen molar-refractivity contribution < 1.29 is 9.53 Å². The number of amides is 1. The van der Waals surface area contributed by atoms with Crippen LogP contribution in [-0.2, 0) is 18.3 Å². The van der Waals surface area contributed by atoms with Gasteiger partial charge in [0.1, 0.15) is 0 Å². The molecular weight excluding hydrogens is 220 g/mol. The second kappa shape index (κ2) is 5.67. The van der Waals surface area contributed by atoms with Gasteiger partial charge in [-0.1, -0.05) is 0 Å². The zero-order chi connectivity index (χ0) is 13.0. The topological polar surface area (TPSA) is 82.2 Å². The first kappa shape index (κ1) is 13.5. The van der Waals surface area contributed by atoms with Crippen LogP contribution < -0.4 is 15.8 Å². The van der Waals surface area contributed by atoms with Crippen molar-refractivity contribution in [3.8, 4) is 5.88 Å². The Bertz CT molecular complexity index is 400. The maximum Gasteiger partial charge on any atom is 0.224 e. The Morgan fingerprint density at radius 1 is 1.65 bits per heavy atom. The number of carbonyl (C=O) groups excluding carboxylic acids is 1. The highest BCUT2D eigenvalue weighted by Gasteiger charge is 2.22. The van der Waals surface area contributed by atoms with E-state index in [1.807, 2.05) is 14.0 Å². The zero-order valence-electron chi connectivity index (χ0n) is 10.8. The molecule has 1 heterocycles. The van der Waals surface area contributed by atoms with E-state index in [0.717, 1.165) is 11.3 Å². The summed E-state index contributed by atoms with van der Waals surface area (Å²) in [5.41, 5.74) is 7.42. The van der Waals surface area contributed by atoms with Gasteiger partial charge in [-0.25, -0.2) is 4.68 Å². The first-order valence-corrected chi connectivity index (χ1v) is 5.53. The van der Waals surface area contributed by atoms with Gasteiger partial charge in [0, 0.05) is 26.2 Å². The molecule has 1 rings (SSSR count). The van der Waals surface area contributed by atoms with E-state index in [4.69, 9.17) is 10.5 Å². The highest BCUT2D eigenvalue weighted by Crippen LogP contribution is 2.23. The molecule has 6 nitrogen and oxygen atoms in total. The fourth-order valence-electron chi connectivity index (χ4n) is 1.90. The molecule has 17 heavy (non-hydrogen) atoms. The monoisotopic (exact) mass is 240 g/mol. The number of aromatic nitrogens is 2. The number of nitrogens with two attached hydrogens (primary N) is 1. The molecule has 1 amide bonds. The summed E-state index contributed by atoms with van der Waals surface area (Å²) in [6.07, 6.45) is 0.541. The Morgan fingerprint density at radius 3 is 2.76 bits per heavy atom. The summed E-state index contributed by atoms with van der Waals surface area (Å²) < 4.78 is 6.95. The van der Waals surface area contributed by atoms with E-state index in [-0.39, 0.29) is 11.8 Å². The van der Waals surface area contributed by atoms with Gasteiger partial charge in [0.2, 0.25) is 11.8 Å². The summed E-state index contributed by atoms with van der Waals surface area (Å²) in [6, 6.07) is 0. The lowest BCUT2D eigenvalue weighted by Crippen LogP contribution is -2.34. The number of nitrogens with one attached hydrogen (secondary N) is 1. The third-order valence-electron chi connectivity index (χ3n) is 2.83. The zero-order valence-corrected chi connectivity index (χ0v) is 10.8. The molecule has 1 aromatic heterocycles. The van der Waals surface area contributed by atoms with Gasteiger partial charge < -0.3 is 15.8 Å². The van der Waals surface area contributed by atoms with Crippen LogP contribution in [0.2, 0.25) is 0 Å².